The third-order valence-electron chi connectivity index (χ3n) is 2.54. The van der Waals surface area contributed by atoms with Gasteiger partial charge in [0.2, 0.25) is 5.91 Å². The number of rotatable bonds is 5. The molecule has 0 aromatic carbocycles. The van der Waals surface area contributed by atoms with Crippen LogP contribution in [-0.4, -0.2) is 35.8 Å². The van der Waals surface area contributed by atoms with Crippen molar-refractivity contribution in [1.82, 2.24) is 10.2 Å². The summed E-state index contributed by atoms with van der Waals surface area (Å²) >= 11 is 0. The van der Waals surface area contributed by atoms with E-state index in [-0.39, 0.29) is 17.6 Å². The Labute approximate surface area is 101 Å². The molecule has 1 aromatic rings. The van der Waals surface area contributed by atoms with Gasteiger partial charge in [0, 0.05) is 13.1 Å². The second-order valence-corrected chi connectivity index (χ2v) is 3.68. The molecular weight excluding hydrogens is 220 g/mol. The van der Waals surface area contributed by atoms with E-state index in [1.54, 1.807) is 24.0 Å². The highest BCUT2D eigenvalue weighted by atomic mass is 16.3. The summed E-state index contributed by atoms with van der Waals surface area (Å²) < 4.78 is 4.95. The zero-order valence-electron chi connectivity index (χ0n) is 10.4. The van der Waals surface area contributed by atoms with Crippen LogP contribution in [0.1, 0.15) is 31.3 Å². The molecule has 1 rings (SSSR count). The van der Waals surface area contributed by atoms with Crippen LogP contribution >= 0.6 is 0 Å². The highest BCUT2D eigenvalue weighted by molar-refractivity contribution is 5.95. The fourth-order valence-corrected chi connectivity index (χ4v) is 1.55. The van der Waals surface area contributed by atoms with E-state index >= 15 is 0 Å². The van der Waals surface area contributed by atoms with Gasteiger partial charge in [-0.05, 0) is 32.9 Å². The highest BCUT2D eigenvalue weighted by Crippen LogP contribution is 2.01. The Balaban J connectivity index is 2.57. The van der Waals surface area contributed by atoms with Crippen molar-refractivity contribution in [2.45, 2.75) is 26.8 Å². The number of likely N-dealkylation sites (N-methyl/N-ethyl adjacent to an activating group) is 1. The summed E-state index contributed by atoms with van der Waals surface area (Å²) in [6.07, 6.45) is 1.42. The molecule has 1 aromatic heterocycles. The van der Waals surface area contributed by atoms with Crippen LogP contribution in [0.2, 0.25) is 0 Å². The molecule has 0 spiro atoms. The molecule has 0 radical (unpaired) electrons. The van der Waals surface area contributed by atoms with E-state index < -0.39 is 6.04 Å². The fourth-order valence-electron chi connectivity index (χ4n) is 1.55. The molecule has 0 aliphatic rings. The van der Waals surface area contributed by atoms with E-state index in [0.29, 0.717) is 13.1 Å². The monoisotopic (exact) mass is 238 g/mol. The largest absolute Gasteiger partial charge is 0.459 e. The summed E-state index contributed by atoms with van der Waals surface area (Å²) in [6.45, 7) is 6.75. The number of carbonyl (C=O) groups is 2. The molecule has 0 bridgehead atoms. The Morgan fingerprint density at radius 2 is 2.06 bits per heavy atom. The lowest BCUT2D eigenvalue weighted by atomic mass is 10.2. The van der Waals surface area contributed by atoms with Gasteiger partial charge >= 0.3 is 0 Å². The molecule has 5 nitrogen and oxygen atoms in total. The van der Waals surface area contributed by atoms with E-state index in [4.69, 9.17) is 4.42 Å². The number of furan rings is 1. The SMILES string of the molecule is CCN(CC)C(=O)C(C)NC(=O)c1ccco1. The number of hydrogen-bond acceptors (Lipinski definition) is 3. The summed E-state index contributed by atoms with van der Waals surface area (Å²) in [5, 5.41) is 2.61. The van der Waals surface area contributed by atoms with Gasteiger partial charge in [0.05, 0.1) is 6.26 Å². The summed E-state index contributed by atoms with van der Waals surface area (Å²) in [5.74, 6) is -0.248. The maximum Gasteiger partial charge on any atom is 0.287 e. The van der Waals surface area contributed by atoms with Crippen LogP contribution < -0.4 is 5.32 Å². The molecule has 0 saturated heterocycles. The van der Waals surface area contributed by atoms with Crippen LogP contribution in [0.5, 0.6) is 0 Å². The topological polar surface area (TPSA) is 62.6 Å². The third kappa shape index (κ3) is 3.34. The fraction of sp³-hybridized carbons (Fsp3) is 0.500. The minimum absolute atomic E-state index is 0.0880. The van der Waals surface area contributed by atoms with Gasteiger partial charge in [-0.25, -0.2) is 0 Å². The Bertz CT molecular complexity index is 369. The van der Waals surface area contributed by atoms with E-state index in [1.807, 2.05) is 13.8 Å². The molecule has 0 aliphatic carbocycles. The van der Waals surface area contributed by atoms with Gasteiger partial charge in [-0.15, -0.1) is 0 Å². The van der Waals surface area contributed by atoms with Crippen LogP contribution in [-0.2, 0) is 4.79 Å². The molecule has 2 amide bonds. The van der Waals surface area contributed by atoms with Crippen molar-refractivity contribution in [1.29, 1.82) is 0 Å². The van der Waals surface area contributed by atoms with Crippen LogP contribution in [0.3, 0.4) is 0 Å². The van der Waals surface area contributed by atoms with Crippen molar-refractivity contribution < 1.29 is 14.0 Å². The Morgan fingerprint density at radius 3 is 2.53 bits per heavy atom. The average Bonchev–Trinajstić information content (AvgIpc) is 2.83. The molecule has 5 heteroatoms. The van der Waals surface area contributed by atoms with Crippen molar-refractivity contribution in [3.05, 3.63) is 24.2 Å². The van der Waals surface area contributed by atoms with Gasteiger partial charge in [-0.1, -0.05) is 0 Å². The van der Waals surface area contributed by atoms with Gasteiger partial charge in [0.25, 0.3) is 5.91 Å². The van der Waals surface area contributed by atoms with E-state index in [1.165, 1.54) is 6.26 Å². The van der Waals surface area contributed by atoms with Crippen LogP contribution in [0.15, 0.2) is 22.8 Å². The van der Waals surface area contributed by atoms with E-state index in [0.717, 1.165) is 0 Å². The first-order valence-corrected chi connectivity index (χ1v) is 5.73. The summed E-state index contributed by atoms with van der Waals surface area (Å²) in [4.78, 5) is 25.2. The minimum Gasteiger partial charge on any atom is -0.459 e. The molecular formula is C12H18N2O3. The zero-order valence-corrected chi connectivity index (χ0v) is 10.4. The standard InChI is InChI=1S/C12H18N2O3/c1-4-14(5-2)12(16)9(3)13-11(15)10-7-6-8-17-10/h6-9H,4-5H2,1-3H3,(H,13,15). The first-order chi connectivity index (χ1) is 8.10. The highest BCUT2D eigenvalue weighted by Gasteiger charge is 2.21. The Morgan fingerprint density at radius 1 is 1.41 bits per heavy atom. The summed E-state index contributed by atoms with van der Waals surface area (Å²) in [6, 6.07) is 2.64. The predicted molar refractivity (Wildman–Crippen MR) is 63.6 cm³/mol. The van der Waals surface area contributed by atoms with Crippen molar-refractivity contribution >= 4 is 11.8 Å². The van der Waals surface area contributed by atoms with Crippen LogP contribution in [0.25, 0.3) is 0 Å². The molecule has 0 fully saturated rings. The quantitative estimate of drug-likeness (QED) is 0.840. The zero-order chi connectivity index (χ0) is 12.8. The molecule has 0 aliphatic heterocycles. The van der Waals surface area contributed by atoms with Gasteiger partial charge in [0.1, 0.15) is 6.04 Å². The lowest BCUT2D eigenvalue weighted by Crippen LogP contribution is -2.46. The number of nitrogens with one attached hydrogen (secondary N) is 1. The van der Waals surface area contributed by atoms with Crippen molar-refractivity contribution in [3.8, 4) is 0 Å². The van der Waals surface area contributed by atoms with Gasteiger partial charge < -0.3 is 14.6 Å². The number of carbonyl (C=O) groups excluding carboxylic acids is 2. The summed E-state index contributed by atoms with van der Waals surface area (Å²) in [7, 11) is 0. The third-order valence-corrected chi connectivity index (χ3v) is 2.54. The molecule has 0 saturated carbocycles. The Kier molecular flexibility index (Phi) is 4.75. The first kappa shape index (κ1) is 13.3. The van der Waals surface area contributed by atoms with Crippen LogP contribution in [0, 0.1) is 0 Å². The molecule has 1 atom stereocenters. The average molecular weight is 238 g/mol. The van der Waals surface area contributed by atoms with Gasteiger partial charge in [0.15, 0.2) is 5.76 Å². The summed E-state index contributed by atoms with van der Waals surface area (Å²) in [5.41, 5.74) is 0. The molecule has 1 heterocycles. The second kappa shape index (κ2) is 6.08. The molecule has 17 heavy (non-hydrogen) atoms. The lowest BCUT2D eigenvalue weighted by Gasteiger charge is -2.23. The van der Waals surface area contributed by atoms with E-state index in [2.05, 4.69) is 5.32 Å². The number of hydrogen-bond donors (Lipinski definition) is 1. The van der Waals surface area contributed by atoms with Crippen molar-refractivity contribution in [2.75, 3.05) is 13.1 Å². The second-order valence-electron chi connectivity index (χ2n) is 3.68. The van der Waals surface area contributed by atoms with E-state index in [9.17, 15) is 9.59 Å². The van der Waals surface area contributed by atoms with Crippen molar-refractivity contribution in [2.24, 2.45) is 0 Å². The predicted octanol–water partition coefficient (Wildman–Crippen LogP) is 1.27. The first-order valence-electron chi connectivity index (χ1n) is 5.73. The van der Waals surface area contributed by atoms with Gasteiger partial charge in [-0.3, -0.25) is 9.59 Å². The maximum absolute atomic E-state index is 11.9. The normalized spacial score (nSPS) is 11.9. The molecule has 1 N–H and O–H groups in total. The van der Waals surface area contributed by atoms with Crippen molar-refractivity contribution in [3.63, 3.8) is 0 Å². The van der Waals surface area contributed by atoms with Crippen LogP contribution in [0.4, 0.5) is 0 Å². The van der Waals surface area contributed by atoms with Gasteiger partial charge in [-0.2, -0.15) is 0 Å². The Hall–Kier alpha value is -1.78. The minimum atomic E-state index is -0.549. The smallest absolute Gasteiger partial charge is 0.287 e. The number of nitrogens with zero attached hydrogens (tertiary/aromatic N) is 1. The number of amides is 2. The molecule has 94 valence electrons. The lowest BCUT2D eigenvalue weighted by molar-refractivity contribution is -0.132. The maximum atomic E-state index is 11.9. The molecule has 1 unspecified atom stereocenters.